The second-order valence-electron chi connectivity index (χ2n) is 5.38. The Labute approximate surface area is 111 Å². The van der Waals surface area contributed by atoms with Gasteiger partial charge >= 0.3 is 0 Å². The van der Waals surface area contributed by atoms with Crippen LogP contribution in [0.15, 0.2) is 0 Å². The Hall–Kier alpha value is -0.610. The first-order valence-corrected chi connectivity index (χ1v) is 7.40. The molecule has 0 spiro atoms. The minimum absolute atomic E-state index is 0.0145. The number of rotatable bonds is 7. The lowest BCUT2D eigenvalue weighted by Crippen LogP contribution is -2.48. The van der Waals surface area contributed by atoms with Crippen LogP contribution in [0.25, 0.3) is 0 Å². The molecule has 0 aromatic rings. The molecule has 106 valence electrons. The fourth-order valence-corrected chi connectivity index (χ4v) is 2.57. The summed E-state index contributed by atoms with van der Waals surface area (Å²) in [6, 6.07) is 0.0145. The molecule has 0 aromatic carbocycles. The lowest BCUT2D eigenvalue weighted by Gasteiger charge is -2.35. The Balaban J connectivity index is 2.26. The third-order valence-electron chi connectivity index (χ3n) is 3.98. The van der Waals surface area contributed by atoms with Crippen LogP contribution in [0.4, 0.5) is 0 Å². The van der Waals surface area contributed by atoms with Gasteiger partial charge in [-0.25, -0.2) is 0 Å². The maximum atomic E-state index is 12.0. The monoisotopic (exact) mass is 255 g/mol. The van der Waals surface area contributed by atoms with E-state index >= 15 is 0 Å². The third kappa shape index (κ3) is 4.94. The van der Waals surface area contributed by atoms with Gasteiger partial charge in [0.1, 0.15) is 0 Å². The molecule has 1 fully saturated rings. The molecule has 1 atom stereocenters. The number of nitrogens with one attached hydrogen (secondary N) is 1. The quantitative estimate of drug-likeness (QED) is 0.675. The van der Waals surface area contributed by atoms with Crippen molar-refractivity contribution in [1.29, 1.82) is 0 Å². The van der Waals surface area contributed by atoms with E-state index in [2.05, 4.69) is 17.1 Å². The minimum atomic E-state index is 0.0145. The van der Waals surface area contributed by atoms with Gasteiger partial charge in [-0.3, -0.25) is 9.69 Å². The van der Waals surface area contributed by atoms with Crippen LogP contribution in [0.3, 0.4) is 0 Å². The number of carbonyl (C=O) groups excluding carboxylic acids is 1. The largest absolute Gasteiger partial charge is 0.355 e. The van der Waals surface area contributed by atoms with Crippen molar-refractivity contribution < 1.29 is 4.79 Å². The Morgan fingerprint density at radius 3 is 2.67 bits per heavy atom. The van der Waals surface area contributed by atoms with Crippen molar-refractivity contribution in [3.05, 3.63) is 0 Å². The molecule has 0 radical (unpaired) electrons. The minimum Gasteiger partial charge on any atom is -0.355 e. The highest BCUT2D eigenvalue weighted by atomic mass is 16.2. The first-order chi connectivity index (χ1) is 8.69. The van der Waals surface area contributed by atoms with Gasteiger partial charge < -0.3 is 11.1 Å². The van der Waals surface area contributed by atoms with E-state index in [9.17, 15) is 4.79 Å². The number of piperidine rings is 1. The summed E-state index contributed by atoms with van der Waals surface area (Å²) in [5, 5.41) is 3.02. The highest BCUT2D eigenvalue weighted by Crippen LogP contribution is 2.21. The lowest BCUT2D eigenvalue weighted by molar-refractivity contribution is -0.126. The number of nitrogens with two attached hydrogens (primary N) is 1. The third-order valence-corrected chi connectivity index (χ3v) is 3.98. The smallest absolute Gasteiger partial charge is 0.237 e. The zero-order valence-electron chi connectivity index (χ0n) is 12.0. The van der Waals surface area contributed by atoms with Crippen molar-refractivity contribution in [1.82, 2.24) is 10.2 Å². The number of likely N-dealkylation sites (tertiary alicyclic amines) is 1. The van der Waals surface area contributed by atoms with E-state index in [1.54, 1.807) is 0 Å². The fourth-order valence-electron chi connectivity index (χ4n) is 2.57. The molecule has 1 amide bonds. The molecule has 1 rings (SSSR count). The average molecular weight is 255 g/mol. The van der Waals surface area contributed by atoms with Gasteiger partial charge in [-0.1, -0.05) is 13.3 Å². The molecule has 1 heterocycles. The molecule has 18 heavy (non-hydrogen) atoms. The van der Waals surface area contributed by atoms with Gasteiger partial charge in [-0.15, -0.1) is 0 Å². The molecule has 1 aliphatic heterocycles. The predicted octanol–water partition coefficient (Wildman–Crippen LogP) is 1.35. The van der Waals surface area contributed by atoms with Crippen LogP contribution in [0.2, 0.25) is 0 Å². The van der Waals surface area contributed by atoms with Crippen molar-refractivity contribution in [2.24, 2.45) is 11.7 Å². The van der Waals surface area contributed by atoms with E-state index in [-0.39, 0.29) is 11.9 Å². The van der Waals surface area contributed by atoms with Gasteiger partial charge in [0.25, 0.3) is 0 Å². The van der Waals surface area contributed by atoms with Crippen molar-refractivity contribution in [3.63, 3.8) is 0 Å². The van der Waals surface area contributed by atoms with E-state index in [4.69, 9.17) is 5.73 Å². The van der Waals surface area contributed by atoms with Crippen molar-refractivity contribution in [2.45, 2.75) is 52.0 Å². The van der Waals surface area contributed by atoms with Crippen LogP contribution in [-0.4, -0.2) is 43.0 Å². The Kier molecular flexibility index (Phi) is 7.28. The molecule has 3 N–H and O–H groups in total. The Bertz CT molecular complexity index is 237. The molecule has 4 heteroatoms. The lowest BCUT2D eigenvalue weighted by atomic mass is 9.93. The molecule has 0 aliphatic carbocycles. The maximum Gasteiger partial charge on any atom is 0.237 e. The summed E-state index contributed by atoms with van der Waals surface area (Å²) < 4.78 is 0. The van der Waals surface area contributed by atoms with Gasteiger partial charge in [0, 0.05) is 6.54 Å². The molecule has 0 bridgehead atoms. The summed E-state index contributed by atoms with van der Waals surface area (Å²) >= 11 is 0. The molecule has 1 unspecified atom stereocenters. The number of nitrogens with zero attached hydrogens (tertiary/aromatic N) is 1. The molecule has 0 saturated carbocycles. The van der Waals surface area contributed by atoms with Crippen LogP contribution in [0.5, 0.6) is 0 Å². The Morgan fingerprint density at radius 1 is 1.44 bits per heavy atom. The first kappa shape index (κ1) is 15.4. The second kappa shape index (κ2) is 8.48. The highest BCUT2D eigenvalue weighted by molar-refractivity contribution is 5.81. The Morgan fingerprint density at radius 2 is 2.11 bits per heavy atom. The topological polar surface area (TPSA) is 58.4 Å². The molecule has 1 aliphatic rings. The van der Waals surface area contributed by atoms with Gasteiger partial charge in [0.15, 0.2) is 0 Å². The standard InChI is InChI=1S/C14H29N3O/c1-3-4-9-16-14(18)12(2)17-10-6-13(5-8-15)7-11-17/h12-13H,3-11,15H2,1-2H3,(H,16,18). The van der Waals surface area contributed by atoms with Crippen LogP contribution < -0.4 is 11.1 Å². The molecule has 4 nitrogen and oxygen atoms in total. The zero-order chi connectivity index (χ0) is 13.4. The molecule has 1 saturated heterocycles. The summed E-state index contributed by atoms with van der Waals surface area (Å²) in [5.74, 6) is 0.947. The van der Waals surface area contributed by atoms with E-state index in [0.29, 0.717) is 0 Å². The normalized spacial score (nSPS) is 19.7. The second-order valence-corrected chi connectivity index (χ2v) is 5.38. The van der Waals surface area contributed by atoms with E-state index in [1.165, 1.54) is 12.8 Å². The summed E-state index contributed by atoms with van der Waals surface area (Å²) in [7, 11) is 0. The summed E-state index contributed by atoms with van der Waals surface area (Å²) in [4.78, 5) is 14.3. The van der Waals surface area contributed by atoms with Crippen molar-refractivity contribution >= 4 is 5.91 Å². The zero-order valence-corrected chi connectivity index (χ0v) is 12.0. The van der Waals surface area contributed by atoms with E-state index in [0.717, 1.165) is 51.4 Å². The van der Waals surface area contributed by atoms with E-state index in [1.807, 2.05) is 6.92 Å². The molecular weight excluding hydrogens is 226 g/mol. The summed E-state index contributed by atoms with van der Waals surface area (Å²) in [6.07, 6.45) is 5.69. The van der Waals surface area contributed by atoms with Crippen LogP contribution in [0, 0.1) is 5.92 Å². The summed E-state index contributed by atoms with van der Waals surface area (Å²) in [5.41, 5.74) is 5.59. The number of amides is 1. The number of hydrogen-bond acceptors (Lipinski definition) is 3. The number of unbranched alkanes of at least 4 members (excludes halogenated alkanes) is 1. The molecule has 0 aromatic heterocycles. The first-order valence-electron chi connectivity index (χ1n) is 7.40. The van der Waals surface area contributed by atoms with Crippen molar-refractivity contribution in [2.75, 3.05) is 26.2 Å². The van der Waals surface area contributed by atoms with E-state index < -0.39 is 0 Å². The summed E-state index contributed by atoms with van der Waals surface area (Å²) in [6.45, 7) is 7.82. The van der Waals surface area contributed by atoms with Crippen LogP contribution >= 0.6 is 0 Å². The van der Waals surface area contributed by atoms with Gasteiger partial charge in [0.2, 0.25) is 5.91 Å². The predicted molar refractivity (Wildman–Crippen MR) is 75.3 cm³/mol. The SMILES string of the molecule is CCCCNC(=O)C(C)N1CCC(CCN)CC1. The van der Waals surface area contributed by atoms with Crippen LogP contribution in [0.1, 0.15) is 46.0 Å². The van der Waals surface area contributed by atoms with Crippen LogP contribution in [-0.2, 0) is 4.79 Å². The van der Waals surface area contributed by atoms with Gasteiger partial charge in [-0.05, 0) is 58.2 Å². The highest BCUT2D eigenvalue weighted by Gasteiger charge is 2.25. The van der Waals surface area contributed by atoms with Gasteiger partial charge in [0.05, 0.1) is 6.04 Å². The maximum absolute atomic E-state index is 12.0. The van der Waals surface area contributed by atoms with Gasteiger partial charge in [-0.2, -0.15) is 0 Å². The van der Waals surface area contributed by atoms with Crippen molar-refractivity contribution in [3.8, 4) is 0 Å². The molecular formula is C14H29N3O. The average Bonchev–Trinajstić information content (AvgIpc) is 2.39. The number of carbonyl (C=O) groups is 1. The fraction of sp³-hybridized carbons (Fsp3) is 0.929. The number of hydrogen-bond donors (Lipinski definition) is 2.